The molecule has 1 aliphatic rings. The molecule has 9 nitrogen and oxygen atoms in total. The van der Waals surface area contributed by atoms with Crippen LogP contribution in [0.4, 0.5) is 0 Å². The number of tetrazole rings is 1. The molecule has 2 atom stereocenters. The Hall–Kier alpha value is -2.81. The molecule has 2 amide bonds. The van der Waals surface area contributed by atoms with Crippen molar-refractivity contribution in [3.8, 4) is 0 Å². The van der Waals surface area contributed by atoms with E-state index in [1.54, 1.807) is 29.2 Å². The zero-order valence-corrected chi connectivity index (χ0v) is 12.9. The van der Waals surface area contributed by atoms with Crippen molar-refractivity contribution in [1.29, 1.82) is 0 Å². The van der Waals surface area contributed by atoms with E-state index in [2.05, 4.69) is 20.7 Å². The van der Waals surface area contributed by atoms with Crippen LogP contribution in [0.15, 0.2) is 36.7 Å². The van der Waals surface area contributed by atoms with Crippen LogP contribution in [0.3, 0.4) is 0 Å². The van der Waals surface area contributed by atoms with Gasteiger partial charge in [-0.1, -0.05) is 18.2 Å². The van der Waals surface area contributed by atoms with Crippen LogP contribution in [0.2, 0.25) is 0 Å². The molecule has 0 radical (unpaired) electrons. The Bertz CT molecular complexity index is 690. The summed E-state index contributed by atoms with van der Waals surface area (Å²) in [6, 6.07) is 8.44. The molecule has 0 bridgehead atoms. The number of hydrogen-bond donors (Lipinski definition) is 2. The van der Waals surface area contributed by atoms with E-state index in [-0.39, 0.29) is 30.9 Å². The zero-order chi connectivity index (χ0) is 16.9. The third kappa shape index (κ3) is 3.74. The van der Waals surface area contributed by atoms with E-state index >= 15 is 0 Å². The van der Waals surface area contributed by atoms with Gasteiger partial charge in [-0.25, -0.2) is 0 Å². The first-order valence-corrected chi connectivity index (χ1v) is 7.66. The number of rotatable bonds is 4. The highest BCUT2D eigenvalue weighted by Gasteiger charge is 2.31. The summed E-state index contributed by atoms with van der Waals surface area (Å²) in [6.45, 7) is 0.589. The van der Waals surface area contributed by atoms with Crippen LogP contribution >= 0.6 is 0 Å². The number of amides is 2. The van der Waals surface area contributed by atoms with Gasteiger partial charge in [0.25, 0.3) is 5.91 Å². The number of nitrogens with one attached hydrogen (secondary N) is 1. The Morgan fingerprint density at radius 1 is 1.29 bits per heavy atom. The molecule has 1 aliphatic heterocycles. The average Bonchev–Trinajstić information content (AvgIpc) is 3.10. The van der Waals surface area contributed by atoms with E-state index in [1.807, 2.05) is 6.07 Å². The molecule has 0 spiro atoms. The second-order valence-electron chi connectivity index (χ2n) is 5.61. The highest BCUT2D eigenvalue weighted by Crippen LogP contribution is 2.13. The van der Waals surface area contributed by atoms with Gasteiger partial charge in [0.05, 0.1) is 12.1 Å². The van der Waals surface area contributed by atoms with Gasteiger partial charge in [-0.3, -0.25) is 9.59 Å². The number of aliphatic hydroxyl groups excluding tert-OH is 1. The van der Waals surface area contributed by atoms with E-state index in [1.165, 1.54) is 11.1 Å². The summed E-state index contributed by atoms with van der Waals surface area (Å²) in [5, 5.41) is 24.0. The number of nitrogens with zero attached hydrogens (tertiary/aromatic N) is 5. The molecule has 126 valence electrons. The number of piperidine rings is 1. The third-order valence-electron chi connectivity index (χ3n) is 3.96. The van der Waals surface area contributed by atoms with Crippen molar-refractivity contribution in [2.24, 2.45) is 0 Å². The Morgan fingerprint density at radius 2 is 2.08 bits per heavy atom. The highest BCUT2D eigenvalue weighted by molar-refractivity contribution is 5.94. The van der Waals surface area contributed by atoms with Gasteiger partial charge in [0.2, 0.25) is 5.91 Å². The van der Waals surface area contributed by atoms with Crippen molar-refractivity contribution in [2.75, 3.05) is 13.1 Å². The second kappa shape index (κ2) is 7.18. The van der Waals surface area contributed by atoms with E-state index < -0.39 is 6.10 Å². The lowest BCUT2D eigenvalue weighted by Crippen LogP contribution is -2.55. The van der Waals surface area contributed by atoms with Crippen LogP contribution in [-0.2, 0) is 11.3 Å². The topological polar surface area (TPSA) is 113 Å². The Labute approximate surface area is 138 Å². The van der Waals surface area contributed by atoms with Crippen LogP contribution in [0, 0.1) is 0 Å². The average molecular weight is 330 g/mol. The minimum Gasteiger partial charge on any atom is -0.389 e. The molecular weight excluding hydrogens is 312 g/mol. The molecule has 2 N–H and O–H groups in total. The third-order valence-corrected chi connectivity index (χ3v) is 3.96. The van der Waals surface area contributed by atoms with Crippen molar-refractivity contribution in [3.63, 3.8) is 0 Å². The first kappa shape index (κ1) is 16.1. The van der Waals surface area contributed by atoms with Crippen molar-refractivity contribution in [1.82, 2.24) is 30.4 Å². The number of likely N-dealkylation sites (tertiary alicyclic amines) is 1. The normalized spacial score (nSPS) is 20.6. The van der Waals surface area contributed by atoms with Crippen molar-refractivity contribution < 1.29 is 14.7 Å². The molecule has 0 saturated carbocycles. The summed E-state index contributed by atoms with van der Waals surface area (Å²) in [6.07, 6.45) is 0.920. The molecule has 1 saturated heterocycles. The fourth-order valence-electron chi connectivity index (χ4n) is 2.65. The molecule has 3 rings (SSSR count). The van der Waals surface area contributed by atoms with Gasteiger partial charge in [-0.2, -0.15) is 4.80 Å². The maximum atomic E-state index is 12.2. The summed E-state index contributed by atoms with van der Waals surface area (Å²) in [5.41, 5.74) is 0.542. The number of aliphatic hydroxyl groups is 1. The monoisotopic (exact) mass is 330 g/mol. The maximum absolute atomic E-state index is 12.2. The van der Waals surface area contributed by atoms with Gasteiger partial charge in [-0.15, -0.1) is 10.2 Å². The van der Waals surface area contributed by atoms with Crippen molar-refractivity contribution in [3.05, 3.63) is 42.2 Å². The lowest BCUT2D eigenvalue weighted by Gasteiger charge is -2.36. The number of benzene rings is 1. The molecule has 0 aliphatic carbocycles. The Morgan fingerprint density at radius 3 is 2.75 bits per heavy atom. The molecule has 2 heterocycles. The van der Waals surface area contributed by atoms with Gasteiger partial charge < -0.3 is 15.3 Å². The fourth-order valence-corrected chi connectivity index (χ4v) is 2.65. The first-order chi connectivity index (χ1) is 11.6. The lowest BCUT2D eigenvalue weighted by molar-refractivity contribution is -0.135. The Kier molecular flexibility index (Phi) is 4.80. The molecule has 24 heavy (non-hydrogen) atoms. The predicted octanol–water partition coefficient (Wildman–Crippen LogP) is -0.935. The molecule has 9 heteroatoms. The lowest BCUT2D eigenvalue weighted by atomic mass is 10.0. The van der Waals surface area contributed by atoms with E-state index in [0.29, 0.717) is 18.5 Å². The van der Waals surface area contributed by atoms with Crippen molar-refractivity contribution >= 4 is 11.8 Å². The number of β-amino-alcohol motifs (C(OH)–C–C–N with tert-alkyl or cyclic N) is 1. The minimum absolute atomic E-state index is 0.0201. The molecule has 1 aromatic heterocycles. The largest absolute Gasteiger partial charge is 0.389 e. The SMILES string of the molecule is O=C(N[C@@H]1CCN(C(=O)Cn2ncnn2)C[C@H]1O)c1ccccc1. The van der Waals surface area contributed by atoms with Gasteiger partial charge in [0.15, 0.2) is 6.33 Å². The van der Waals surface area contributed by atoms with Crippen LogP contribution in [0.25, 0.3) is 0 Å². The second-order valence-corrected chi connectivity index (χ2v) is 5.61. The molecule has 2 aromatic rings. The number of carbonyl (C=O) groups excluding carboxylic acids is 2. The summed E-state index contributed by atoms with van der Waals surface area (Å²) in [5.74, 6) is -0.425. The number of aromatic nitrogens is 4. The number of hydrogen-bond acceptors (Lipinski definition) is 6. The van der Waals surface area contributed by atoms with Gasteiger partial charge >= 0.3 is 0 Å². The predicted molar refractivity (Wildman–Crippen MR) is 82.7 cm³/mol. The summed E-state index contributed by atoms with van der Waals surface area (Å²) >= 11 is 0. The fraction of sp³-hybridized carbons (Fsp3) is 0.400. The van der Waals surface area contributed by atoms with E-state index in [0.717, 1.165) is 0 Å². The highest BCUT2D eigenvalue weighted by atomic mass is 16.3. The molecule has 1 fully saturated rings. The first-order valence-electron chi connectivity index (χ1n) is 7.66. The van der Waals surface area contributed by atoms with E-state index in [4.69, 9.17) is 0 Å². The Balaban J connectivity index is 1.53. The molecule has 1 aromatic carbocycles. The smallest absolute Gasteiger partial charge is 0.251 e. The molecule has 0 unspecified atom stereocenters. The summed E-state index contributed by atoms with van der Waals surface area (Å²) in [4.78, 5) is 27.0. The van der Waals surface area contributed by atoms with Gasteiger partial charge in [-0.05, 0) is 23.8 Å². The van der Waals surface area contributed by atoms with Gasteiger partial charge in [0, 0.05) is 18.7 Å². The molecular formula is C15H18N6O3. The van der Waals surface area contributed by atoms with Gasteiger partial charge in [0.1, 0.15) is 6.54 Å². The van der Waals surface area contributed by atoms with Crippen LogP contribution in [-0.4, -0.2) is 67.3 Å². The van der Waals surface area contributed by atoms with E-state index in [9.17, 15) is 14.7 Å². The zero-order valence-electron chi connectivity index (χ0n) is 12.9. The van der Waals surface area contributed by atoms with Crippen LogP contribution < -0.4 is 5.32 Å². The maximum Gasteiger partial charge on any atom is 0.251 e. The minimum atomic E-state index is -0.820. The summed E-state index contributed by atoms with van der Waals surface area (Å²) < 4.78 is 0. The van der Waals surface area contributed by atoms with Crippen molar-refractivity contribution in [2.45, 2.75) is 25.1 Å². The standard InChI is InChI=1S/C15H18N6O3/c22-13-8-20(14(23)9-21-17-10-16-19-21)7-6-12(13)18-15(24)11-4-2-1-3-5-11/h1-5,10,12-13,22H,6-9H2,(H,18,24)/t12-,13-/m1/s1. The van der Waals surface area contributed by atoms with Crippen LogP contribution in [0.1, 0.15) is 16.8 Å². The summed E-state index contributed by atoms with van der Waals surface area (Å²) in [7, 11) is 0. The quantitative estimate of drug-likeness (QED) is 0.748. The van der Waals surface area contributed by atoms with Crippen LogP contribution in [0.5, 0.6) is 0 Å². The number of carbonyl (C=O) groups is 2.